The standard InChI is InChI=1S/C15H22O2/c1-12(8-11-16)7-10-15(17)13(2)6-5-9-14(15,3)4/h8,11,13,17H,5-6,9H2,1-4H3. The molecular formula is C15H22O2. The van der Waals surface area contributed by atoms with Crippen molar-refractivity contribution < 1.29 is 9.90 Å². The maximum absolute atomic E-state index is 10.8. The van der Waals surface area contributed by atoms with Crippen LogP contribution < -0.4 is 0 Å². The monoisotopic (exact) mass is 234 g/mol. The lowest BCUT2D eigenvalue weighted by Crippen LogP contribution is -2.51. The fourth-order valence-electron chi connectivity index (χ4n) is 2.55. The van der Waals surface area contributed by atoms with Gasteiger partial charge in [-0.05, 0) is 31.8 Å². The normalized spacial score (nSPS) is 32.5. The van der Waals surface area contributed by atoms with Gasteiger partial charge in [0.1, 0.15) is 11.9 Å². The molecule has 2 nitrogen and oxygen atoms in total. The lowest BCUT2D eigenvalue weighted by atomic mass is 9.61. The van der Waals surface area contributed by atoms with Crippen LogP contribution in [0, 0.1) is 23.2 Å². The summed E-state index contributed by atoms with van der Waals surface area (Å²) >= 11 is 0. The molecule has 0 radical (unpaired) electrons. The predicted octanol–water partition coefficient (Wildman–Crippen LogP) is 2.71. The van der Waals surface area contributed by atoms with E-state index in [-0.39, 0.29) is 11.3 Å². The third-order valence-corrected chi connectivity index (χ3v) is 3.95. The summed E-state index contributed by atoms with van der Waals surface area (Å²) in [5.41, 5.74) is -0.454. The molecule has 1 fully saturated rings. The average molecular weight is 234 g/mol. The van der Waals surface area contributed by atoms with Gasteiger partial charge in [-0.15, -0.1) is 0 Å². The van der Waals surface area contributed by atoms with Crippen LogP contribution in [0.15, 0.2) is 11.6 Å². The van der Waals surface area contributed by atoms with Crippen molar-refractivity contribution in [1.82, 2.24) is 0 Å². The minimum atomic E-state index is -0.955. The van der Waals surface area contributed by atoms with E-state index in [2.05, 4.69) is 25.7 Å². The first-order valence-corrected chi connectivity index (χ1v) is 6.21. The highest BCUT2D eigenvalue weighted by Gasteiger charge is 2.48. The molecule has 0 bridgehead atoms. The number of carbonyl (C=O) groups excluding carboxylic acids is 1. The molecule has 94 valence electrons. The topological polar surface area (TPSA) is 37.3 Å². The molecule has 0 amide bonds. The Balaban J connectivity index is 3.05. The molecule has 1 aliphatic rings. The van der Waals surface area contributed by atoms with E-state index >= 15 is 0 Å². The molecule has 0 saturated heterocycles. The number of allylic oxidation sites excluding steroid dienone is 2. The molecular weight excluding hydrogens is 212 g/mol. The van der Waals surface area contributed by atoms with Gasteiger partial charge in [0.25, 0.3) is 0 Å². The number of aldehydes is 1. The van der Waals surface area contributed by atoms with Crippen molar-refractivity contribution in [3.05, 3.63) is 11.6 Å². The van der Waals surface area contributed by atoms with E-state index < -0.39 is 5.60 Å². The van der Waals surface area contributed by atoms with Gasteiger partial charge in [0.05, 0.1) is 0 Å². The Morgan fingerprint density at radius 1 is 1.47 bits per heavy atom. The van der Waals surface area contributed by atoms with E-state index in [9.17, 15) is 9.90 Å². The maximum Gasteiger partial charge on any atom is 0.143 e. The van der Waals surface area contributed by atoms with Crippen molar-refractivity contribution in [2.45, 2.75) is 52.6 Å². The van der Waals surface area contributed by atoms with Crippen LogP contribution in [-0.2, 0) is 4.79 Å². The van der Waals surface area contributed by atoms with E-state index in [1.54, 1.807) is 6.92 Å². The summed E-state index contributed by atoms with van der Waals surface area (Å²) in [6.45, 7) is 7.96. The fraction of sp³-hybridized carbons (Fsp3) is 0.667. The second-order valence-corrected chi connectivity index (χ2v) is 5.68. The van der Waals surface area contributed by atoms with E-state index in [4.69, 9.17) is 0 Å². The molecule has 2 heteroatoms. The number of hydrogen-bond donors (Lipinski definition) is 1. The molecule has 0 heterocycles. The third-order valence-electron chi connectivity index (χ3n) is 3.95. The first-order valence-electron chi connectivity index (χ1n) is 6.21. The summed E-state index contributed by atoms with van der Waals surface area (Å²) in [6.07, 6.45) is 5.28. The summed E-state index contributed by atoms with van der Waals surface area (Å²) in [5, 5.41) is 10.8. The van der Waals surface area contributed by atoms with Crippen molar-refractivity contribution in [2.75, 3.05) is 0 Å². The van der Waals surface area contributed by atoms with Crippen molar-refractivity contribution in [1.29, 1.82) is 0 Å². The third kappa shape index (κ3) is 2.79. The molecule has 1 saturated carbocycles. The summed E-state index contributed by atoms with van der Waals surface area (Å²) in [5.74, 6) is 6.08. The number of rotatable bonds is 1. The van der Waals surface area contributed by atoms with Gasteiger partial charge >= 0.3 is 0 Å². The minimum Gasteiger partial charge on any atom is -0.377 e. The lowest BCUT2D eigenvalue weighted by Gasteiger charge is -2.47. The summed E-state index contributed by atoms with van der Waals surface area (Å²) in [4.78, 5) is 10.3. The van der Waals surface area contributed by atoms with Crippen LogP contribution in [0.3, 0.4) is 0 Å². The molecule has 0 aromatic rings. The lowest BCUT2D eigenvalue weighted by molar-refractivity contribution is -0.104. The largest absolute Gasteiger partial charge is 0.377 e. The molecule has 0 spiro atoms. The molecule has 0 aromatic carbocycles. The van der Waals surface area contributed by atoms with Gasteiger partial charge in [0.15, 0.2) is 0 Å². The minimum absolute atomic E-state index is 0.169. The predicted molar refractivity (Wildman–Crippen MR) is 69.3 cm³/mol. The quantitative estimate of drug-likeness (QED) is 0.430. The number of carbonyl (C=O) groups is 1. The fourth-order valence-corrected chi connectivity index (χ4v) is 2.55. The zero-order chi connectivity index (χ0) is 13.1. The second-order valence-electron chi connectivity index (χ2n) is 5.68. The zero-order valence-corrected chi connectivity index (χ0v) is 11.2. The molecule has 2 unspecified atom stereocenters. The van der Waals surface area contributed by atoms with Crippen LogP contribution in [-0.4, -0.2) is 17.0 Å². The molecule has 1 aliphatic carbocycles. The highest BCUT2D eigenvalue weighted by Crippen LogP contribution is 2.46. The Bertz CT molecular complexity index is 381. The highest BCUT2D eigenvalue weighted by molar-refractivity contribution is 5.67. The van der Waals surface area contributed by atoms with Gasteiger partial charge < -0.3 is 5.11 Å². The highest BCUT2D eigenvalue weighted by atomic mass is 16.3. The zero-order valence-electron chi connectivity index (χ0n) is 11.2. The van der Waals surface area contributed by atoms with E-state index in [1.165, 1.54) is 6.08 Å². The van der Waals surface area contributed by atoms with Crippen molar-refractivity contribution in [3.63, 3.8) is 0 Å². The van der Waals surface area contributed by atoms with Crippen LogP contribution in [0.25, 0.3) is 0 Å². The summed E-state index contributed by atoms with van der Waals surface area (Å²) < 4.78 is 0. The van der Waals surface area contributed by atoms with Crippen molar-refractivity contribution >= 4 is 6.29 Å². The maximum atomic E-state index is 10.8. The Morgan fingerprint density at radius 3 is 2.65 bits per heavy atom. The Morgan fingerprint density at radius 2 is 2.12 bits per heavy atom. The molecule has 17 heavy (non-hydrogen) atoms. The molecule has 0 aromatic heterocycles. The van der Waals surface area contributed by atoms with Gasteiger partial charge in [-0.25, -0.2) is 0 Å². The van der Waals surface area contributed by atoms with Gasteiger partial charge in [-0.2, -0.15) is 0 Å². The molecule has 2 atom stereocenters. The first-order chi connectivity index (χ1) is 7.83. The Labute approximate surface area is 104 Å². The Hall–Kier alpha value is -1.07. The summed E-state index contributed by atoms with van der Waals surface area (Å²) in [7, 11) is 0. The van der Waals surface area contributed by atoms with Crippen LogP contribution in [0.2, 0.25) is 0 Å². The van der Waals surface area contributed by atoms with Gasteiger partial charge in [0.2, 0.25) is 0 Å². The molecule has 1 rings (SSSR count). The Kier molecular flexibility index (Phi) is 4.16. The first kappa shape index (κ1) is 14.0. The van der Waals surface area contributed by atoms with Crippen LogP contribution in [0.4, 0.5) is 0 Å². The van der Waals surface area contributed by atoms with Gasteiger partial charge in [-0.3, -0.25) is 4.79 Å². The van der Waals surface area contributed by atoms with Crippen LogP contribution in [0.5, 0.6) is 0 Å². The van der Waals surface area contributed by atoms with Gasteiger partial charge in [0, 0.05) is 11.0 Å². The van der Waals surface area contributed by atoms with Crippen molar-refractivity contribution in [3.8, 4) is 11.8 Å². The second kappa shape index (κ2) is 5.06. The average Bonchev–Trinajstić information content (AvgIpc) is 2.24. The smallest absolute Gasteiger partial charge is 0.143 e. The van der Waals surface area contributed by atoms with Gasteiger partial charge in [-0.1, -0.05) is 39.0 Å². The SMILES string of the molecule is CC(C#CC1(O)C(C)CCCC1(C)C)=CC=O. The van der Waals surface area contributed by atoms with Crippen LogP contribution in [0.1, 0.15) is 47.0 Å². The van der Waals surface area contributed by atoms with E-state index in [0.29, 0.717) is 5.57 Å². The number of hydrogen-bond acceptors (Lipinski definition) is 2. The molecule has 1 N–H and O–H groups in total. The van der Waals surface area contributed by atoms with E-state index in [1.807, 2.05) is 6.92 Å². The number of aliphatic hydroxyl groups is 1. The van der Waals surface area contributed by atoms with E-state index in [0.717, 1.165) is 25.5 Å². The molecule has 0 aliphatic heterocycles. The van der Waals surface area contributed by atoms with Crippen LogP contribution >= 0.6 is 0 Å². The summed E-state index contributed by atoms with van der Waals surface area (Å²) in [6, 6.07) is 0. The van der Waals surface area contributed by atoms with Crippen molar-refractivity contribution in [2.24, 2.45) is 11.3 Å².